The summed E-state index contributed by atoms with van der Waals surface area (Å²) >= 11 is 5.97. The highest BCUT2D eigenvalue weighted by molar-refractivity contribution is 6.33. The molecule has 1 fully saturated rings. The molecule has 17 heavy (non-hydrogen) atoms. The van der Waals surface area contributed by atoms with E-state index in [0.29, 0.717) is 23.7 Å². The molecule has 1 aromatic carbocycles. The van der Waals surface area contributed by atoms with Crippen LogP contribution < -0.4 is 10.6 Å². The van der Waals surface area contributed by atoms with Crippen molar-refractivity contribution in [1.82, 2.24) is 5.32 Å². The zero-order chi connectivity index (χ0) is 12.3. The van der Waals surface area contributed by atoms with Gasteiger partial charge in [0, 0.05) is 13.7 Å². The number of hydrogen-bond donors (Lipinski definition) is 2. The van der Waals surface area contributed by atoms with Crippen LogP contribution in [0.15, 0.2) is 24.3 Å². The van der Waals surface area contributed by atoms with Crippen LogP contribution in [0.2, 0.25) is 5.02 Å². The van der Waals surface area contributed by atoms with E-state index in [1.165, 1.54) is 0 Å². The topological polar surface area (TPSA) is 50.4 Å². The van der Waals surface area contributed by atoms with Gasteiger partial charge in [-0.1, -0.05) is 23.7 Å². The van der Waals surface area contributed by atoms with Gasteiger partial charge in [-0.25, -0.2) is 0 Å². The molecule has 0 bridgehead atoms. The van der Waals surface area contributed by atoms with E-state index >= 15 is 0 Å². The van der Waals surface area contributed by atoms with E-state index in [0.717, 1.165) is 0 Å². The smallest absolute Gasteiger partial charge is 0.241 e. The van der Waals surface area contributed by atoms with Crippen LogP contribution in [-0.2, 0) is 9.53 Å². The SMILES string of the molecule is COC1CNC(C(=O)Nc2ccccc2Cl)C1. The lowest BCUT2D eigenvalue weighted by atomic mass is 10.2. The average molecular weight is 255 g/mol. The number of amides is 1. The number of carbonyl (C=O) groups is 1. The van der Waals surface area contributed by atoms with Crippen LogP contribution in [0.25, 0.3) is 0 Å². The molecular weight excluding hydrogens is 240 g/mol. The number of carbonyl (C=O) groups excluding carboxylic acids is 1. The average Bonchev–Trinajstić information content (AvgIpc) is 2.81. The van der Waals surface area contributed by atoms with Gasteiger partial charge in [0.1, 0.15) is 0 Å². The van der Waals surface area contributed by atoms with Crippen LogP contribution in [0.4, 0.5) is 5.69 Å². The molecule has 0 aromatic heterocycles. The maximum atomic E-state index is 11.9. The van der Waals surface area contributed by atoms with Gasteiger partial charge in [0.15, 0.2) is 0 Å². The van der Waals surface area contributed by atoms with E-state index in [1.54, 1.807) is 19.2 Å². The van der Waals surface area contributed by atoms with Crippen molar-refractivity contribution in [3.63, 3.8) is 0 Å². The fraction of sp³-hybridized carbons (Fsp3) is 0.417. The van der Waals surface area contributed by atoms with Crippen molar-refractivity contribution in [2.75, 3.05) is 19.0 Å². The first-order valence-electron chi connectivity index (χ1n) is 5.52. The molecule has 92 valence electrons. The fourth-order valence-electron chi connectivity index (χ4n) is 1.86. The molecular formula is C12H15ClN2O2. The van der Waals surface area contributed by atoms with Crippen LogP contribution in [0.1, 0.15) is 6.42 Å². The largest absolute Gasteiger partial charge is 0.380 e. The zero-order valence-corrected chi connectivity index (χ0v) is 10.3. The first kappa shape index (κ1) is 12.4. The first-order chi connectivity index (χ1) is 8.20. The molecule has 1 aliphatic rings. The second kappa shape index (κ2) is 5.49. The molecule has 0 aliphatic carbocycles. The van der Waals surface area contributed by atoms with E-state index in [4.69, 9.17) is 16.3 Å². The monoisotopic (exact) mass is 254 g/mol. The number of rotatable bonds is 3. The van der Waals surface area contributed by atoms with Crippen molar-refractivity contribution in [2.24, 2.45) is 0 Å². The lowest BCUT2D eigenvalue weighted by Crippen LogP contribution is -2.35. The summed E-state index contributed by atoms with van der Waals surface area (Å²) in [6.45, 7) is 0.705. The first-order valence-corrected chi connectivity index (χ1v) is 5.90. The number of anilines is 1. The predicted molar refractivity (Wildman–Crippen MR) is 67.3 cm³/mol. The van der Waals surface area contributed by atoms with E-state index in [1.807, 2.05) is 12.1 Å². The normalized spacial score (nSPS) is 23.6. The second-order valence-corrected chi connectivity index (χ2v) is 4.43. The molecule has 2 atom stereocenters. The van der Waals surface area contributed by atoms with Crippen molar-refractivity contribution >= 4 is 23.2 Å². The number of para-hydroxylation sites is 1. The van der Waals surface area contributed by atoms with E-state index in [9.17, 15) is 4.79 Å². The Kier molecular flexibility index (Phi) is 3.99. The van der Waals surface area contributed by atoms with Gasteiger partial charge in [0.25, 0.3) is 0 Å². The molecule has 1 aromatic rings. The number of hydrogen-bond acceptors (Lipinski definition) is 3. The van der Waals surface area contributed by atoms with Crippen LogP contribution in [-0.4, -0.2) is 31.7 Å². The standard InChI is InChI=1S/C12H15ClN2O2/c1-17-8-6-11(14-7-8)12(16)15-10-5-3-2-4-9(10)13/h2-5,8,11,14H,6-7H2,1H3,(H,15,16). The molecule has 1 aliphatic heterocycles. The quantitative estimate of drug-likeness (QED) is 0.863. The van der Waals surface area contributed by atoms with E-state index in [2.05, 4.69) is 10.6 Å². The highest BCUT2D eigenvalue weighted by atomic mass is 35.5. The Hall–Kier alpha value is -1.10. The molecule has 0 saturated carbocycles. The lowest BCUT2D eigenvalue weighted by Gasteiger charge is -2.12. The van der Waals surface area contributed by atoms with Crippen LogP contribution >= 0.6 is 11.6 Å². The number of nitrogens with one attached hydrogen (secondary N) is 2. The summed E-state index contributed by atoms with van der Waals surface area (Å²) in [5, 5.41) is 6.47. The Balaban J connectivity index is 1.96. The number of methoxy groups -OCH3 is 1. The van der Waals surface area contributed by atoms with Crippen LogP contribution in [0, 0.1) is 0 Å². The minimum atomic E-state index is -0.212. The third kappa shape index (κ3) is 2.97. The Bertz CT molecular complexity index is 411. The van der Waals surface area contributed by atoms with Crippen molar-refractivity contribution < 1.29 is 9.53 Å². The van der Waals surface area contributed by atoms with Gasteiger partial charge in [-0.2, -0.15) is 0 Å². The summed E-state index contributed by atoms with van der Waals surface area (Å²) in [5.41, 5.74) is 0.641. The third-order valence-corrected chi connectivity index (χ3v) is 3.20. The summed E-state index contributed by atoms with van der Waals surface area (Å²) in [6, 6.07) is 6.98. The molecule has 2 N–H and O–H groups in total. The van der Waals surface area contributed by atoms with Gasteiger partial charge >= 0.3 is 0 Å². The Labute approximate surface area is 105 Å². The van der Waals surface area contributed by atoms with Crippen molar-refractivity contribution in [1.29, 1.82) is 0 Å². The molecule has 1 heterocycles. The third-order valence-electron chi connectivity index (χ3n) is 2.87. The summed E-state index contributed by atoms with van der Waals surface area (Å²) in [6.07, 6.45) is 0.796. The summed E-state index contributed by atoms with van der Waals surface area (Å²) < 4.78 is 5.20. The van der Waals surface area contributed by atoms with E-state index < -0.39 is 0 Å². The minimum Gasteiger partial charge on any atom is -0.380 e. The van der Waals surface area contributed by atoms with Crippen molar-refractivity contribution in [3.8, 4) is 0 Å². The van der Waals surface area contributed by atoms with Gasteiger partial charge in [-0.05, 0) is 18.6 Å². The lowest BCUT2D eigenvalue weighted by molar-refractivity contribution is -0.118. The second-order valence-electron chi connectivity index (χ2n) is 4.02. The molecule has 2 unspecified atom stereocenters. The Morgan fingerprint density at radius 2 is 2.29 bits per heavy atom. The van der Waals surface area contributed by atoms with Gasteiger partial charge in [-0.15, -0.1) is 0 Å². The van der Waals surface area contributed by atoms with Gasteiger partial charge in [0.2, 0.25) is 5.91 Å². The summed E-state index contributed by atoms with van der Waals surface area (Å²) in [4.78, 5) is 11.9. The van der Waals surface area contributed by atoms with Gasteiger partial charge in [-0.3, -0.25) is 4.79 Å². The summed E-state index contributed by atoms with van der Waals surface area (Å²) in [5.74, 6) is -0.0716. The molecule has 0 radical (unpaired) electrons. The minimum absolute atomic E-state index is 0.0716. The molecule has 0 spiro atoms. The Morgan fingerprint density at radius 1 is 1.53 bits per heavy atom. The molecule has 2 rings (SSSR count). The highest BCUT2D eigenvalue weighted by Gasteiger charge is 2.29. The maximum Gasteiger partial charge on any atom is 0.241 e. The predicted octanol–water partition coefficient (Wildman–Crippen LogP) is 1.66. The van der Waals surface area contributed by atoms with Crippen LogP contribution in [0.3, 0.4) is 0 Å². The number of halogens is 1. The van der Waals surface area contributed by atoms with E-state index in [-0.39, 0.29) is 18.1 Å². The van der Waals surface area contributed by atoms with Gasteiger partial charge in [0.05, 0.1) is 22.9 Å². The number of ether oxygens (including phenoxy) is 1. The van der Waals surface area contributed by atoms with Crippen molar-refractivity contribution in [3.05, 3.63) is 29.3 Å². The molecule has 1 saturated heterocycles. The van der Waals surface area contributed by atoms with Crippen molar-refractivity contribution in [2.45, 2.75) is 18.6 Å². The summed E-state index contributed by atoms with van der Waals surface area (Å²) in [7, 11) is 1.65. The maximum absolute atomic E-state index is 11.9. The van der Waals surface area contributed by atoms with Crippen LogP contribution in [0.5, 0.6) is 0 Å². The van der Waals surface area contributed by atoms with Gasteiger partial charge < -0.3 is 15.4 Å². The molecule has 1 amide bonds. The zero-order valence-electron chi connectivity index (χ0n) is 9.57. The molecule has 5 heteroatoms. The highest BCUT2D eigenvalue weighted by Crippen LogP contribution is 2.21. The number of benzene rings is 1. The Morgan fingerprint density at radius 3 is 2.94 bits per heavy atom. The fourth-order valence-corrected chi connectivity index (χ4v) is 2.05. The molecule has 4 nitrogen and oxygen atoms in total.